The number of hydrogen-bond acceptors (Lipinski definition) is 4. The van der Waals surface area contributed by atoms with Crippen molar-refractivity contribution in [3.8, 4) is 0 Å². The van der Waals surface area contributed by atoms with E-state index in [1.54, 1.807) is 6.92 Å². The molecule has 0 unspecified atom stereocenters. The Balaban J connectivity index is 3.32. The molecule has 0 N–H and O–H groups in total. The van der Waals surface area contributed by atoms with Crippen LogP contribution in [0.2, 0.25) is 0 Å². The Morgan fingerprint density at radius 1 is 0.929 bits per heavy atom. The lowest BCUT2D eigenvalue weighted by atomic mass is 10.2. The lowest BCUT2D eigenvalue weighted by molar-refractivity contribution is -0.258. The minimum absolute atomic E-state index is 0.211. The van der Waals surface area contributed by atoms with E-state index in [2.05, 4.69) is 16.7 Å². The van der Waals surface area contributed by atoms with Crippen LogP contribution >= 0.6 is 0 Å². The fourth-order valence-electron chi connectivity index (χ4n) is 0.890. The van der Waals surface area contributed by atoms with Crippen LogP contribution in [0.4, 0.5) is 0 Å². The molecule has 4 heteroatoms. The molecular weight excluding hydrogens is 184 g/mol. The third-order valence-electron chi connectivity index (χ3n) is 1.75. The molecule has 0 aromatic rings. The molecule has 0 amide bonds. The molecule has 0 aromatic carbocycles. The minimum atomic E-state index is -0.521. The lowest BCUT2D eigenvalue weighted by Crippen LogP contribution is -2.09. The van der Waals surface area contributed by atoms with Gasteiger partial charge in [-0.15, -0.1) is 0 Å². The van der Waals surface area contributed by atoms with E-state index in [0.717, 1.165) is 25.7 Å². The van der Waals surface area contributed by atoms with E-state index >= 15 is 0 Å². The summed E-state index contributed by atoms with van der Waals surface area (Å²) in [5, 5.41) is 0. The maximum atomic E-state index is 10.9. The first-order chi connectivity index (χ1) is 6.70. The molecule has 0 rings (SSSR count). The van der Waals surface area contributed by atoms with Crippen LogP contribution in [0.15, 0.2) is 0 Å². The molecular formula is C10H18O4. The van der Waals surface area contributed by atoms with Gasteiger partial charge in [0.15, 0.2) is 0 Å². The van der Waals surface area contributed by atoms with Gasteiger partial charge >= 0.3 is 11.9 Å². The van der Waals surface area contributed by atoms with E-state index in [9.17, 15) is 9.59 Å². The minimum Gasteiger partial charge on any atom is -0.247 e. The van der Waals surface area contributed by atoms with Crippen molar-refractivity contribution in [1.82, 2.24) is 0 Å². The summed E-state index contributed by atoms with van der Waals surface area (Å²) in [6.45, 7) is 3.73. The maximum Gasteiger partial charge on any atom is 0.355 e. The third kappa shape index (κ3) is 7.58. The van der Waals surface area contributed by atoms with Crippen molar-refractivity contribution in [2.45, 2.75) is 52.4 Å². The van der Waals surface area contributed by atoms with Gasteiger partial charge in [-0.1, -0.05) is 33.1 Å². The van der Waals surface area contributed by atoms with Crippen LogP contribution in [0.3, 0.4) is 0 Å². The SMILES string of the molecule is CCCCCCC(=O)OOC(=O)CC. The van der Waals surface area contributed by atoms with Crippen molar-refractivity contribution in [1.29, 1.82) is 0 Å². The van der Waals surface area contributed by atoms with Gasteiger partial charge in [-0.3, -0.25) is 0 Å². The fraction of sp³-hybridized carbons (Fsp3) is 0.800. The summed E-state index contributed by atoms with van der Waals surface area (Å²) in [6, 6.07) is 0. The largest absolute Gasteiger partial charge is 0.355 e. The molecule has 0 radical (unpaired) electrons. The van der Waals surface area contributed by atoms with Crippen LogP contribution in [0.1, 0.15) is 52.4 Å². The highest BCUT2D eigenvalue weighted by molar-refractivity contribution is 5.72. The molecule has 0 saturated carbocycles. The predicted octanol–water partition coefficient (Wildman–Crippen LogP) is 2.37. The third-order valence-corrected chi connectivity index (χ3v) is 1.75. The fourth-order valence-corrected chi connectivity index (χ4v) is 0.890. The molecule has 0 aromatic heterocycles. The van der Waals surface area contributed by atoms with Crippen LogP contribution in [0.5, 0.6) is 0 Å². The van der Waals surface area contributed by atoms with Gasteiger partial charge in [0.1, 0.15) is 0 Å². The number of unbranched alkanes of at least 4 members (excludes halogenated alkanes) is 3. The van der Waals surface area contributed by atoms with Gasteiger partial charge < -0.3 is 0 Å². The highest BCUT2D eigenvalue weighted by Gasteiger charge is 2.06. The first kappa shape index (κ1) is 12.9. The first-order valence-corrected chi connectivity index (χ1v) is 5.10. The number of carbonyl (C=O) groups is 2. The molecule has 4 nitrogen and oxygen atoms in total. The van der Waals surface area contributed by atoms with Gasteiger partial charge in [0.25, 0.3) is 0 Å². The highest BCUT2D eigenvalue weighted by atomic mass is 17.2. The Morgan fingerprint density at radius 2 is 1.57 bits per heavy atom. The van der Waals surface area contributed by atoms with Crippen molar-refractivity contribution >= 4 is 11.9 Å². The average molecular weight is 202 g/mol. The average Bonchev–Trinajstić information content (AvgIpc) is 2.21. The Labute approximate surface area is 84.5 Å². The molecule has 82 valence electrons. The summed E-state index contributed by atoms with van der Waals surface area (Å²) >= 11 is 0. The van der Waals surface area contributed by atoms with E-state index in [1.807, 2.05) is 0 Å². The monoisotopic (exact) mass is 202 g/mol. The van der Waals surface area contributed by atoms with Crippen molar-refractivity contribution in [3.05, 3.63) is 0 Å². The summed E-state index contributed by atoms with van der Waals surface area (Å²) in [6.07, 6.45) is 4.56. The molecule has 0 aliphatic carbocycles. The van der Waals surface area contributed by atoms with Gasteiger partial charge in [0, 0.05) is 6.42 Å². The molecule has 0 atom stereocenters. The van der Waals surface area contributed by atoms with Crippen LogP contribution in [-0.2, 0) is 19.4 Å². The van der Waals surface area contributed by atoms with E-state index in [0.29, 0.717) is 6.42 Å². The molecule has 0 fully saturated rings. The molecule has 0 aliphatic rings. The van der Waals surface area contributed by atoms with Gasteiger partial charge in [-0.05, 0) is 6.42 Å². The highest BCUT2D eigenvalue weighted by Crippen LogP contribution is 2.03. The summed E-state index contributed by atoms with van der Waals surface area (Å²) < 4.78 is 0. The van der Waals surface area contributed by atoms with Crippen LogP contribution in [0, 0.1) is 0 Å². The number of rotatable bonds is 6. The second-order valence-corrected chi connectivity index (χ2v) is 3.07. The standard InChI is InChI=1S/C10H18O4/c1-3-5-6-7-8-10(12)14-13-9(11)4-2/h3-8H2,1-2H3. The number of carbonyl (C=O) groups excluding carboxylic acids is 2. The first-order valence-electron chi connectivity index (χ1n) is 5.10. The molecule has 0 bridgehead atoms. The Bertz CT molecular complexity index is 177. The zero-order chi connectivity index (χ0) is 10.8. The normalized spacial score (nSPS) is 9.57. The summed E-state index contributed by atoms with van der Waals surface area (Å²) in [7, 11) is 0. The quantitative estimate of drug-likeness (QED) is 0.377. The summed E-state index contributed by atoms with van der Waals surface area (Å²) in [5.41, 5.74) is 0. The Kier molecular flexibility index (Phi) is 7.89. The van der Waals surface area contributed by atoms with Crippen LogP contribution in [-0.4, -0.2) is 11.9 Å². The molecule has 0 saturated heterocycles. The van der Waals surface area contributed by atoms with Crippen molar-refractivity contribution < 1.29 is 19.4 Å². The van der Waals surface area contributed by atoms with Gasteiger partial charge in [0.2, 0.25) is 0 Å². The molecule has 0 aliphatic heterocycles. The van der Waals surface area contributed by atoms with Gasteiger partial charge in [-0.25, -0.2) is 19.4 Å². The lowest BCUT2D eigenvalue weighted by Gasteiger charge is -2.01. The van der Waals surface area contributed by atoms with Crippen LogP contribution in [0.25, 0.3) is 0 Å². The summed E-state index contributed by atoms with van der Waals surface area (Å²) in [5.74, 6) is -0.991. The van der Waals surface area contributed by atoms with Gasteiger partial charge in [-0.2, -0.15) is 0 Å². The molecule has 14 heavy (non-hydrogen) atoms. The number of hydrogen-bond donors (Lipinski definition) is 0. The smallest absolute Gasteiger partial charge is 0.247 e. The molecule has 0 spiro atoms. The van der Waals surface area contributed by atoms with Crippen molar-refractivity contribution in [2.75, 3.05) is 0 Å². The predicted molar refractivity (Wildman–Crippen MR) is 51.2 cm³/mol. The topological polar surface area (TPSA) is 52.6 Å². The zero-order valence-electron chi connectivity index (χ0n) is 8.88. The van der Waals surface area contributed by atoms with E-state index in [4.69, 9.17) is 0 Å². The molecule has 0 heterocycles. The summed E-state index contributed by atoms with van der Waals surface area (Å²) in [4.78, 5) is 30.0. The van der Waals surface area contributed by atoms with E-state index in [-0.39, 0.29) is 6.42 Å². The van der Waals surface area contributed by atoms with Gasteiger partial charge in [0.05, 0.1) is 6.42 Å². The van der Waals surface area contributed by atoms with Crippen molar-refractivity contribution in [2.24, 2.45) is 0 Å². The van der Waals surface area contributed by atoms with Crippen molar-refractivity contribution in [3.63, 3.8) is 0 Å². The van der Waals surface area contributed by atoms with E-state index in [1.165, 1.54) is 0 Å². The Hall–Kier alpha value is -1.06. The Morgan fingerprint density at radius 3 is 2.14 bits per heavy atom. The second-order valence-electron chi connectivity index (χ2n) is 3.07. The zero-order valence-corrected chi connectivity index (χ0v) is 8.88. The second kappa shape index (κ2) is 8.53. The van der Waals surface area contributed by atoms with E-state index < -0.39 is 11.9 Å². The van der Waals surface area contributed by atoms with Crippen LogP contribution < -0.4 is 0 Å². The maximum absolute atomic E-state index is 10.9.